The van der Waals surface area contributed by atoms with Crippen molar-refractivity contribution in [2.45, 2.75) is 44.6 Å². The summed E-state index contributed by atoms with van der Waals surface area (Å²) in [6.07, 6.45) is 11.5. The first kappa shape index (κ1) is 18.9. The molecule has 0 unspecified atom stereocenters. The number of benzene rings is 1. The summed E-state index contributed by atoms with van der Waals surface area (Å²) in [4.78, 5) is 23.7. The average molecular weight is 397 g/mol. The third kappa shape index (κ3) is 4.36. The Bertz CT molecular complexity index is 875. The number of nitrogens with zero attached hydrogens (tertiary/aromatic N) is 3. The molecule has 1 N–H and O–H groups in total. The van der Waals surface area contributed by atoms with Crippen LogP contribution in [0.3, 0.4) is 0 Å². The van der Waals surface area contributed by atoms with Gasteiger partial charge in [0.05, 0.1) is 0 Å². The van der Waals surface area contributed by atoms with Crippen LogP contribution in [-0.4, -0.2) is 35.0 Å². The number of fused-ring (bicyclic) bond motifs is 1. The maximum Gasteiger partial charge on any atom is 0.244 e. The van der Waals surface area contributed by atoms with Crippen LogP contribution >= 0.6 is 11.6 Å². The minimum absolute atomic E-state index is 0.0715. The van der Waals surface area contributed by atoms with Crippen LogP contribution < -0.4 is 10.2 Å². The number of rotatable bonds is 4. The lowest BCUT2D eigenvalue weighted by molar-refractivity contribution is -0.117. The summed E-state index contributed by atoms with van der Waals surface area (Å²) in [6, 6.07) is 7.69. The zero-order valence-electron chi connectivity index (χ0n) is 15.9. The largest absolute Gasteiger partial charge is 0.356 e. The van der Waals surface area contributed by atoms with Crippen LogP contribution in [0.1, 0.15) is 42.5 Å². The van der Waals surface area contributed by atoms with Crippen LogP contribution in [-0.2, 0) is 17.6 Å². The minimum atomic E-state index is -0.0715. The Hall–Kier alpha value is -2.40. The quantitative estimate of drug-likeness (QED) is 0.798. The van der Waals surface area contributed by atoms with Crippen molar-refractivity contribution in [2.24, 2.45) is 0 Å². The highest BCUT2D eigenvalue weighted by Crippen LogP contribution is 2.28. The molecule has 1 aliphatic heterocycles. The number of nitrogens with one attached hydrogen (secondary N) is 1. The highest BCUT2D eigenvalue weighted by atomic mass is 35.5. The molecule has 146 valence electrons. The molecule has 0 atom stereocenters. The van der Waals surface area contributed by atoms with E-state index in [9.17, 15) is 4.79 Å². The molecule has 1 aromatic carbocycles. The van der Waals surface area contributed by atoms with Gasteiger partial charge in [-0.25, -0.2) is 9.97 Å². The average Bonchev–Trinajstić information content (AvgIpc) is 2.73. The molecule has 2 aliphatic rings. The Balaban J connectivity index is 1.32. The van der Waals surface area contributed by atoms with E-state index in [1.807, 2.05) is 24.3 Å². The maximum atomic E-state index is 12.3. The molecule has 1 aromatic heterocycles. The summed E-state index contributed by atoms with van der Waals surface area (Å²) in [5, 5.41) is 3.76. The molecule has 0 spiro atoms. The van der Waals surface area contributed by atoms with E-state index in [4.69, 9.17) is 11.6 Å². The van der Waals surface area contributed by atoms with Gasteiger partial charge >= 0.3 is 0 Å². The summed E-state index contributed by atoms with van der Waals surface area (Å²) >= 11 is 6.13. The van der Waals surface area contributed by atoms with Crippen molar-refractivity contribution >= 4 is 29.4 Å². The van der Waals surface area contributed by atoms with Crippen LogP contribution in [0.15, 0.2) is 36.7 Å². The van der Waals surface area contributed by atoms with Crippen molar-refractivity contribution in [1.29, 1.82) is 0 Å². The van der Waals surface area contributed by atoms with E-state index in [0.29, 0.717) is 5.02 Å². The topological polar surface area (TPSA) is 58.1 Å². The standard InChI is InChI=1S/C22H25ClN4O/c23-19-7-3-1-5-16(19)9-10-21(28)26-17-11-13-27(14-12-17)22-18-6-2-4-8-20(18)24-15-25-22/h1,3,5,7,9-10,15,17H,2,4,6,8,11-14H2,(H,26,28). The Labute approximate surface area is 170 Å². The van der Waals surface area contributed by atoms with Gasteiger partial charge < -0.3 is 10.2 Å². The summed E-state index contributed by atoms with van der Waals surface area (Å²) in [6.45, 7) is 1.81. The Morgan fingerprint density at radius 1 is 1.14 bits per heavy atom. The van der Waals surface area contributed by atoms with Crippen LogP contribution in [0.25, 0.3) is 6.08 Å². The van der Waals surface area contributed by atoms with E-state index < -0.39 is 0 Å². The molecule has 2 aromatic rings. The van der Waals surface area contributed by atoms with E-state index in [1.165, 1.54) is 24.1 Å². The second-order valence-electron chi connectivity index (χ2n) is 7.45. The number of halogens is 1. The molecule has 0 bridgehead atoms. The Kier molecular flexibility index (Phi) is 5.91. The number of aromatic nitrogens is 2. The van der Waals surface area contributed by atoms with Gasteiger partial charge in [0.2, 0.25) is 5.91 Å². The molecule has 0 radical (unpaired) electrons. The summed E-state index contributed by atoms with van der Waals surface area (Å²) in [5.74, 6) is 1.03. The van der Waals surface area contributed by atoms with Gasteiger partial charge in [-0.15, -0.1) is 0 Å². The number of carbonyl (C=O) groups excluding carboxylic acids is 1. The third-order valence-electron chi connectivity index (χ3n) is 5.56. The third-order valence-corrected chi connectivity index (χ3v) is 5.91. The number of amides is 1. The van der Waals surface area contributed by atoms with Gasteiger partial charge in [-0.05, 0) is 56.2 Å². The first-order chi connectivity index (χ1) is 13.7. The highest BCUT2D eigenvalue weighted by Gasteiger charge is 2.25. The van der Waals surface area contributed by atoms with Crippen molar-refractivity contribution in [1.82, 2.24) is 15.3 Å². The molecule has 5 nitrogen and oxygen atoms in total. The molecule has 1 fully saturated rings. The monoisotopic (exact) mass is 396 g/mol. The van der Waals surface area contributed by atoms with Gasteiger partial charge in [0, 0.05) is 41.5 Å². The van der Waals surface area contributed by atoms with Crippen molar-refractivity contribution in [3.8, 4) is 0 Å². The van der Waals surface area contributed by atoms with E-state index in [2.05, 4.69) is 20.2 Å². The van der Waals surface area contributed by atoms with Crippen molar-refractivity contribution < 1.29 is 4.79 Å². The fourth-order valence-corrected chi connectivity index (χ4v) is 4.24. The number of piperidine rings is 1. The van der Waals surface area contributed by atoms with E-state index in [0.717, 1.165) is 50.2 Å². The van der Waals surface area contributed by atoms with E-state index in [-0.39, 0.29) is 11.9 Å². The molecule has 28 heavy (non-hydrogen) atoms. The lowest BCUT2D eigenvalue weighted by atomic mass is 9.95. The first-order valence-corrected chi connectivity index (χ1v) is 10.4. The molecule has 2 heterocycles. The fourth-order valence-electron chi connectivity index (χ4n) is 4.04. The Morgan fingerprint density at radius 2 is 1.93 bits per heavy atom. The van der Waals surface area contributed by atoms with Gasteiger partial charge in [0.1, 0.15) is 12.1 Å². The first-order valence-electron chi connectivity index (χ1n) is 10.0. The van der Waals surface area contributed by atoms with Crippen molar-refractivity contribution in [3.05, 3.63) is 58.5 Å². The zero-order valence-corrected chi connectivity index (χ0v) is 16.7. The van der Waals surface area contributed by atoms with Crippen molar-refractivity contribution in [2.75, 3.05) is 18.0 Å². The predicted octanol–water partition coefficient (Wildman–Crippen LogP) is 3.81. The maximum absolute atomic E-state index is 12.3. The van der Waals surface area contributed by atoms with Gasteiger partial charge in [0.15, 0.2) is 0 Å². The summed E-state index contributed by atoms with van der Waals surface area (Å²) in [7, 11) is 0. The van der Waals surface area contributed by atoms with Crippen LogP contribution in [0.5, 0.6) is 0 Å². The Morgan fingerprint density at radius 3 is 2.75 bits per heavy atom. The molecule has 1 aliphatic carbocycles. The summed E-state index contributed by atoms with van der Waals surface area (Å²) in [5.41, 5.74) is 3.40. The minimum Gasteiger partial charge on any atom is -0.356 e. The van der Waals surface area contributed by atoms with Crippen LogP contribution in [0.2, 0.25) is 5.02 Å². The van der Waals surface area contributed by atoms with Crippen LogP contribution in [0.4, 0.5) is 5.82 Å². The van der Waals surface area contributed by atoms with Gasteiger partial charge in [-0.3, -0.25) is 4.79 Å². The number of anilines is 1. The zero-order chi connectivity index (χ0) is 19.3. The molecule has 0 saturated carbocycles. The second-order valence-corrected chi connectivity index (χ2v) is 7.86. The number of aryl methyl sites for hydroxylation is 1. The van der Waals surface area contributed by atoms with Gasteiger partial charge in [-0.1, -0.05) is 29.8 Å². The van der Waals surface area contributed by atoms with Crippen LogP contribution in [0, 0.1) is 0 Å². The second kappa shape index (κ2) is 8.74. The molecule has 1 saturated heterocycles. The summed E-state index contributed by atoms with van der Waals surface area (Å²) < 4.78 is 0. The predicted molar refractivity (Wildman–Crippen MR) is 113 cm³/mol. The number of hydrogen-bond acceptors (Lipinski definition) is 4. The SMILES string of the molecule is O=C(C=Cc1ccccc1Cl)NC1CCN(c2ncnc3c2CCCC3)CC1. The highest BCUT2D eigenvalue weighted by molar-refractivity contribution is 6.32. The number of hydrogen-bond donors (Lipinski definition) is 1. The molecular weight excluding hydrogens is 372 g/mol. The molecule has 6 heteroatoms. The van der Waals surface area contributed by atoms with Crippen molar-refractivity contribution in [3.63, 3.8) is 0 Å². The lowest BCUT2D eigenvalue weighted by Crippen LogP contribution is -2.45. The van der Waals surface area contributed by atoms with Gasteiger partial charge in [0.25, 0.3) is 0 Å². The molecule has 1 amide bonds. The fraction of sp³-hybridized carbons (Fsp3) is 0.409. The lowest BCUT2D eigenvalue weighted by Gasteiger charge is -2.34. The smallest absolute Gasteiger partial charge is 0.244 e. The van der Waals surface area contributed by atoms with E-state index in [1.54, 1.807) is 18.5 Å². The normalized spacial score (nSPS) is 17.5. The number of carbonyl (C=O) groups is 1. The van der Waals surface area contributed by atoms with Gasteiger partial charge in [-0.2, -0.15) is 0 Å². The van der Waals surface area contributed by atoms with E-state index >= 15 is 0 Å². The molecular formula is C22H25ClN4O. The molecule has 4 rings (SSSR count).